The van der Waals surface area contributed by atoms with Gasteiger partial charge in [-0.15, -0.1) is 0 Å². The topological polar surface area (TPSA) is 43.4 Å². The SMILES string of the molecule is CCC(=O)OCc1ccc(-c2ccccc2)c(F)c1C(C)=O. The summed E-state index contributed by atoms with van der Waals surface area (Å²) < 4.78 is 19.7. The molecule has 0 unspecified atom stereocenters. The van der Waals surface area contributed by atoms with Crippen molar-refractivity contribution in [2.45, 2.75) is 26.9 Å². The minimum atomic E-state index is -0.580. The number of esters is 1. The molecule has 0 aliphatic rings. The van der Waals surface area contributed by atoms with E-state index >= 15 is 0 Å². The van der Waals surface area contributed by atoms with Crippen LogP contribution in [0.3, 0.4) is 0 Å². The van der Waals surface area contributed by atoms with Crippen LogP contribution in [0.25, 0.3) is 11.1 Å². The minimum absolute atomic E-state index is 0.0229. The summed E-state index contributed by atoms with van der Waals surface area (Å²) in [5, 5.41) is 0. The van der Waals surface area contributed by atoms with Crippen molar-refractivity contribution in [1.29, 1.82) is 0 Å². The average molecular weight is 300 g/mol. The van der Waals surface area contributed by atoms with Gasteiger partial charge in [0.1, 0.15) is 12.4 Å². The van der Waals surface area contributed by atoms with Crippen molar-refractivity contribution in [3.63, 3.8) is 0 Å². The number of carbonyl (C=O) groups excluding carboxylic acids is 2. The molecule has 22 heavy (non-hydrogen) atoms. The van der Waals surface area contributed by atoms with Crippen LogP contribution in [0.1, 0.15) is 36.2 Å². The van der Waals surface area contributed by atoms with Gasteiger partial charge < -0.3 is 4.74 Å². The molecule has 114 valence electrons. The average Bonchev–Trinajstić information content (AvgIpc) is 2.52. The monoisotopic (exact) mass is 300 g/mol. The molecule has 0 saturated carbocycles. The second-order valence-electron chi connectivity index (χ2n) is 4.90. The van der Waals surface area contributed by atoms with Gasteiger partial charge in [-0.25, -0.2) is 4.39 Å². The van der Waals surface area contributed by atoms with Crippen LogP contribution >= 0.6 is 0 Å². The Morgan fingerprint density at radius 3 is 2.36 bits per heavy atom. The predicted molar refractivity (Wildman–Crippen MR) is 81.9 cm³/mol. The zero-order valence-electron chi connectivity index (χ0n) is 12.6. The molecule has 0 radical (unpaired) electrons. The maximum atomic E-state index is 14.7. The third-order valence-electron chi connectivity index (χ3n) is 3.34. The van der Waals surface area contributed by atoms with Crippen molar-refractivity contribution in [1.82, 2.24) is 0 Å². The summed E-state index contributed by atoms with van der Waals surface area (Å²) in [7, 11) is 0. The maximum Gasteiger partial charge on any atom is 0.305 e. The molecule has 0 N–H and O–H groups in total. The molecule has 2 aromatic rings. The van der Waals surface area contributed by atoms with Crippen LogP contribution in [0.15, 0.2) is 42.5 Å². The van der Waals surface area contributed by atoms with Crippen molar-refractivity contribution in [2.24, 2.45) is 0 Å². The fourth-order valence-corrected chi connectivity index (χ4v) is 2.22. The van der Waals surface area contributed by atoms with E-state index < -0.39 is 11.6 Å². The molecule has 2 aromatic carbocycles. The van der Waals surface area contributed by atoms with Gasteiger partial charge in [-0.2, -0.15) is 0 Å². The van der Waals surface area contributed by atoms with Crippen LogP contribution < -0.4 is 0 Å². The number of halogens is 1. The summed E-state index contributed by atoms with van der Waals surface area (Å²) in [6.45, 7) is 2.87. The Labute approximate surface area is 128 Å². The Hall–Kier alpha value is -2.49. The Kier molecular flexibility index (Phi) is 5.04. The number of Topliss-reactive ketones (excluding diaryl/α,β-unsaturated/α-hetero) is 1. The summed E-state index contributed by atoms with van der Waals surface area (Å²) >= 11 is 0. The Balaban J connectivity index is 2.44. The number of ketones is 1. The zero-order valence-corrected chi connectivity index (χ0v) is 12.6. The van der Waals surface area contributed by atoms with Crippen LogP contribution in [0.2, 0.25) is 0 Å². The first-order valence-electron chi connectivity index (χ1n) is 7.08. The molecule has 3 nitrogen and oxygen atoms in total. The summed E-state index contributed by atoms with van der Waals surface area (Å²) in [5.74, 6) is -1.36. The molecule has 0 fully saturated rings. The van der Waals surface area contributed by atoms with Crippen molar-refractivity contribution < 1.29 is 18.7 Å². The maximum absolute atomic E-state index is 14.7. The predicted octanol–water partition coefficient (Wildman–Crippen LogP) is 4.15. The molecular formula is C18H17FO3. The number of hydrogen-bond acceptors (Lipinski definition) is 3. The Morgan fingerprint density at radius 1 is 1.09 bits per heavy atom. The van der Waals surface area contributed by atoms with Gasteiger partial charge in [-0.1, -0.05) is 49.4 Å². The van der Waals surface area contributed by atoms with E-state index in [-0.39, 0.29) is 24.6 Å². The van der Waals surface area contributed by atoms with E-state index in [1.807, 2.05) is 6.07 Å². The van der Waals surface area contributed by atoms with E-state index in [0.29, 0.717) is 16.7 Å². The number of ether oxygens (including phenoxy) is 1. The number of rotatable bonds is 5. The highest BCUT2D eigenvalue weighted by atomic mass is 19.1. The first-order chi connectivity index (χ1) is 10.5. The van der Waals surface area contributed by atoms with E-state index in [4.69, 9.17) is 4.74 Å². The third-order valence-corrected chi connectivity index (χ3v) is 3.34. The van der Waals surface area contributed by atoms with Gasteiger partial charge in [0.2, 0.25) is 0 Å². The van der Waals surface area contributed by atoms with Crippen LogP contribution in [-0.4, -0.2) is 11.8 Å². The fraction of sp³-hybridized carbons (Fsp3) is 0.222. The largest absolute Gasteiger partial charge is 0.461 e. The van der Waals surface area contributed by atoms with Crippen molar-refractivity contribution in [3.05, 3.63) is 59.4 Å². The van der Waals surface area contributed by atoms with E-state index in [9.17, 15) is 14.0 Å². The van der Waals surface area contributed by atoms with Crippen LogP contribution in [0.5, 0.6) is 0 Å². The lowest BCUT2D eigenvalue weighted by molar-refractivity contribution is -0.144. The number of hydrogen-bond donors (Lipinski definition) is 0. The smallest absolute Gasteiger partial charge is 0.305 e. The summed E-state index contributed by atoms with van der Waals surface area (Å²) in [5.41, 5.74) is 1.41. The molecule has 0 bridgehead atoms. The van der Waals surface area contributed by atoms with Crippen LogP contribution in [0, 0.1) is 5.82 Å². The molecular weight excluding hydrogens is 283 g/mol. The van der Waals surface area contributed by atoms with Gasteiger partial charge in [0.05, 0.1) is 5.56 Å². The Morgan fingerprint density at radius 2 is 1.77 bits per heavy atom. The van der Waals surface area contributed by atoms with E-state index in [0.717, 1.165) is 0 Å². The zero-order chi connectivity index (χ0) is 16.1. The van der Waals surface area contributed by atoms with Gasteiger partial charge in [-0.05, 0) is 12.5 Å². The van der Waals surface area contributed by atoms with Gasteiger partial charge in [-0.3, -0.25) is 9.59 Å². The van der Waals surface area contributed by atoms with Gasteiger partial charge >= 0.3 is 5.97 Å². The lowest BCUT2D eigenvalue weighted by atomic mass is 9.96. The third kappa shape index (κ3) is 3.39. The highest BCUT2D eigenvalue weighted by Gasteiger charge is 2.18. The van der Waals surface area contributed by atoms with Crippen LogP contribution in [0.4, 0.5) is 4.39 Å². The van der Waals surface area contributed by atoms with E-state index in [2.05, 4.69) is 0 Å². The highest BCUT2D eigenvalue weighted by Crippen LogP contribution is 2.28. The molecule has 2 rings (SSSR count). The summed E-state index contributed by atoms with van der Waals surface area (Å²) in [4.78, 5) is 23.0. The highest BCUT2D eigenvalue weighted by molar-refractivity contribution is 5.97. The van der Waals surface area contributed by atoms with Crippen LogP contribution in [-0.2, 0) is 16.1 Å². The molecule has 0 atom stereocenters. The summed E-state index contributed by atoms with van der Waals surface area (Å²) in [6, 6.07) is 12.2. The van der Waals surface area contributed by atoms with Crippen molar-refractivity contribution >= 4 is 11.8 Å². The first-order valence-corrected chi connectivity index (χ1v) is 7.08. The molecule has 0 amide bonds. The lowest BCUT2D eigenvalue weighted by Gasteiger charge is -2.12. The standard InChI is InChI=1S/C18H17FO3/c1-3-16(21)22-11-14-9-10-15(13-7-5-4-6-8-13)18(19)17(14)12(2)20/h4-10H,3,11H2,1-2H3. The summed E-state index contributed by atoms with van der Waals surface area (Å²) in [6.07, 6.45) is 0.236. The second kappa shape index (κ2) is 6.98. The normalized spacial score (nSPS) is 10.3. The number of benzene rings is 2. The molecule has 0 saturated heterocycles. The molecule has 0 spiro atoms. The molecule has 4 heteroatoms. The van der Waals surface area contributed by atoms with Gasteiger partial charge in [0, 0.05) is 17.5 Å². The molecule has 0 aliphatic heterocycles. The molecule has 0 heterocycles. The second-order valence-corrected chi connectivity index (χ2v) is 4.90. The van der Waals surface area contributed by atoms with Crippen molar-refractivity contribution in [2.75, 3.05) is 0 Å². The van der Waals surface area contributed by atoms with Gasteiger partial charge in [0.15, 0.2) is 5.78 Å². The van der Waals surface area contributed by atoms with Gasteiger partial charge in [0.25, 0.3) is 0 Å². The van der Waals surface area contributed by atoms with E-state index in [1.54, 1.807) is 43.3 Å². The lowest BCUT2D eigenvalue weighted by Crippen LogP contribution is -2.09. The number of carbonyl (C=O) groups is 2. The quantitative estimate of drug-likeness (QED) is 0.615. The fourth-order valence-electron chi connectivity index (χ4n) is 2.22. The van der Waals surface area contributed by atoms with Crippen molar-refractivity contribution in [3.8, 4) is 11.1 Å². The van der Waals surface area contributed by atoms with E-state index in [1.165, 1.54) is 6.92 Å². The first kappa shape index (κ1) is 15.9. The molecule has 0 aromatic heterocycles. The minimum Gasteiger partial charge on any atom is -0.461 e. The Bertz CT molecular complexity index is 693. The molecule has 0 aliphatic carbocycles.